The van der Waals surface area contributed by atoms with Gasteiger partial charge < -0.3 is 24.6 Å². The molecule has 0 amide bonds. The molecule has 3 heterocycles. The van der Waals surface area contributed by atoms with Crippen molar-refractivity contribution in [2.45, 2.75) is 34.5 Å². The zero-order valence-electron chi connectivity index (χ0n) is 18.7. The van der Waals surface area contributed by atoms with E-state index in [1.807, 2.05) is 0 Å². The first-order valence-electron chi connectivity index (χ1n) is 11.1. The van der Waals surface area contributed by atoms with Gasteiger partial charge in [-0.3, -0.25) is 0 Å². The van der Waals surface area contributed by atoms with Gasteiger partial charge in [-0.1, -0.05) is 17.8 Å². The van der Waals surface area contributed by atoms with Gasteiger partial charge in [0.15, 0.2) is 11.5 Å². The van der Waals surface area contributed by atoms with Crippen LogP contribution in [0.4, 0.5) is 19.0 Å². The third-order valence-electron chi connectivity index (χ3n) is 5.96. The minimum Gasteiger partial charge on any atom is -0.486 e. The third kappa shape index (κ3) is 4.93. The van der Waals surface area contributed by atoms with Crippen LogP contribution in [0.3, 0.4) is 0 Å². The summed E-state index contributed by atoms with van der Waals surface area (Å²) in [7, 11) is 0. The van der Waals surface area contributed by atoms with Gasteiger partial charge in [0.1, 0.15) is 25.1 Å². The van der Waals surface area contributed by atoms with Gasteiger partial charge in [-0.25, -0.2) is 9.78 Å². The summed E-state index contributed by atoms with van der Waals surface area (Å²) >= 11 is 0.976. The van der Waals surface area contributed by atoms with E-state index >= 15 is 0 Å². The maximum atomic E-state index is 14.1. The molecule has 0 saturated carbocycles. The van der Waals surface area contributed by atoms with Crippen molar-refractivity contribution in [3.63, 3.8) is 0 Å². The molecule has 1 saturated heterocycles. The molecule has 11 heteroatoms. The molecular weight excluding hydrogens is 497 g/mol. The lowest BCUT2D eigenvalue weighted by molar-refractivity contribution is -0.140. The second-order valence-electron chi connectivity index (χ2n) is 8.41. The van der Waals surface area contributed by atoms with E-state index in [1.54, 1.807) is 30.3 Å². The molecule has 3 aromatic rings. The molecular formula is C25H21F3N2O5S. The van der Waals surface area contributed by atoms with Crippen molar-refractivity contribution in [2.24, 2.45) is 0 Å². The summed E-state index contributed by atoms with van der Waals surface area (Å²) in [5.41, 5.74) is -0.0331. The number of aliphatic hydroxyl groups excluding tert-OH is 1. The number of nitrogens with zero attached hydrogens (tertiary/aromatic N) is 2. The Labute approximate surface area is 208 Å². The van der Waals surface area contributed by atoms with Gasteiger partial charge in [0.2, 0.25) is 0 Å². The summed E-state index contributed by atoms with van der Waals surface area (Å²) in [4.78, 5) is 17.8. The molecule has 1 unspecified atom stereocenters. The highest BCUT2D eigenvalue weighted by Gasteiger charge is 2.37. The molecule has 36 heavy (non-hydrogen) atoms. The van der Waals surface area contributed by atoms with E-state index in [0.717, 1.165) is 17.8 Å². The SMILES string of the molecule is O=C(O)C1C[C@@H](O)CN1c1cc(-c2ccc(Sc3ccc4c(c3)OCCO4)c(C(F)(F)F)c2)ccn1. The van der Waals surface area contributed by atoms with Crippen LogP contribution in [0.25, 0.3) is 11.1 Å². The number of β-amino-alcohol motifs (C(OH)–C–C–N with tert-alkyl or cyclic N) is 1. The number of pyridine rings is 1. The maximum Gasteiger partial charge on any atom is 0.417 e. The highest BCUT2D eigenvalue weighted by atomic mass is 32.2. The molecule has 0 spiro atoms. The fraction of sp³-hybridized carbons (Fsp3) is 0.280. The largest absolute Gasteiger partial charge is 0.486 e. The molecule has 188 valence electrons. The van der Waals surface area contributed by atoms with Crippen molar-refractivity contribution in [3.8, 4) is 22.6 Å². The number of hydrogen-bond donors (Lipinski definition) is 2. The first-order valence-corrected chi connectivity index (χ1v) is 11.9. The summed E-state index contributed by atoms with van der Waals surface area (Å²) in [5, 5.41) is 19.4. The highest BCUT2D eigenvalue weighted by molar-refractivity contribution is 7.99. The number of halogens is 3. The molecule has 1 fully saturated rings. The molecule has 0 radical (unpaired) electrons. The van der Waals surface area contributed by atoms with Crippen LogP contribution in [-0.4, -0.2) is 53.1 Å². The Hall–Kier alpha value is -3.44. The van der Waals surface area contributed by atoms with Gasteiger partial charge in [0.05, 0.1) is 11.7 Å². The fourth-order valence-corrected chi connectivity index (χ4v) is 5.27. The van der Waals surface area contributed by atoms with Gasteiger partial charge >= 0.3 is 12.1 Å². The Morgan fingerprint density at radius 2 is 1.78 bits per heavy atom. The van der Waals surface area contributed by atoms with Gasteiger partial charge in [0.25, 0.3) is 0 Å². The maximum absolute atomic E-state index is 14.1. The van der Waals surface area contributed by atoms with Crippen LogP contribution in [0, 0.1) is 0 Å². The third-order valence-corrected chi connectivity index (χ3v) is 7.03. The average Bonchev–Trinajstić information content (AvgIpc) is 3.26. The van der Waals surface area contributed by atoms with Gasteiger partial charge in [-0.2, -0.15) is 13.2 Å². The Morgan fingerprint density at radius 3 is 2.53 bits per heavy atom. The highest BCUT2D eigenvalue weighted by Crippen LogP contribution is 2.43. The summed E-state index contributed by atoms with van der Waals surface area (Å²) < 4.78 is 53.2. The number of alkyl halides is 3. The molecule has 0 bridgehead atoms. The Bertz CT molecular complexity index is 1300. The van der Waals surface area contributed by atoms with E-state index in [9.17, 15) is 28.2 Å². The van der Waals surface area contributed by atoms with Gasteiger partial charge in [0, 0.05) is 29.0 Å². The summed E-state index contributed by atoms with van der Waals surface area (Å²) in [6.45, 7) is 0.874. The zero-order valence-corrected chi connectivity index (χ0v) is 19.6. The molecule has 2 aliphatic rings. The number of fused-ring (bicyclic) bond motifs is 1. The topological polar surface area (TPSA) is 92.1 Å². The first-order chi connectivity index (χ1) is 17.2. The van der Waals surface area contributed by atoms with Crippen LogP contribution in [0.15, 0.2) is 64.5 Å². The predicted octanol–water partition coefficient (Wildman–Crippen LogP) is 4.71. The fourth-order valence-electron chi connectivity index (χ4n) is 4.29. The summed E-state index contributed by atoms with van der Waals surface area (Å²) in [5.74, 6) is 0.229. The normalized spacial score (nSPS) is 19.4. The monoisotopic (exact) mass is 518 g/mol. The second-order valence-corrected chi connectivity index (χ2v) is 9.53. The number of aliphatic hydroxyl groups is 1. The minimum absolute atomic E-state index is 0.0332. The van der Waals surface area contributed by atoms with E-state index in [4.69, 9.17) is 9.47 Å². The van der Waals surface area contributed by atoms with E-state index in [-0.39, 0.29) is 23.7 Å². The number of anilines is 1. The lowest BCUT2D eigenvalue weighted by Crippen LogP contribution is -2.36. The quantitative estimate of drug-likeness (QED) is 0.502. The molecule has 7 nitrogen and oxygen atoms in total. The molecule has 2 atom stereocenters. The molecule has 2 N–H and O–H groups in total. The van der Waals surface area contributed by atoms with Crippen LogP contribution in [-0.2, 0) is 11.0 Å². The number of carboxylic acids is 1. The van der Waals surface area contributed by atoms with Crippen LogP contribution < -0.4 is 14.4 Å². The van der Waals surface area contributed by atoms with Crippen molar-refractivity contribution < 1.29 is 37.7 Å². The molecule has 5 rings (SSSR count). The Kier molecular flexibility index (Phi) is 6.44. The van der Waals surface area contributed by atoms with Crippen molar-refractivity contribution in [1.82, 2.24) is 4.98 Å². The van der Waals surface area contributed by atoms with Gasteiger partial charge in [-0.15, -0.1) is 0 Å². The first kappa shape index (κ1) is 24.3. The van der Waals surface area contributed by atoms with E-state index in [1.165, 1.54) is 23.2 Å². The molecule has 0 aliphatic carbocycles. The number of rotatable bonds is 5. The van der Waals surface area contributed by atoms with Crippen LogP contribution in [0.1, 0.15) is 12.0 Å². The van der Waals surface area contributed by atoms with Crippen molar-refractivity contribution in [1.29, 1.82) is 0 Å². The number of benzene rings is 2. The van der Waals surface area contributed by atoms with Crippen LogP contribution in [0.2, 0.25) is 0 Å². The Morgan fingerprint density at radius 1 is 1.03 bits per heavy atom. The average molecular weight is 519 g/mol. The standard InChI is InChI=1S/C25H21F3N2O5S/c26-25(27,28)18-9-14(1-4-22(18)36-17-2-3-20-21(12-17)35-8-7-34-20)15-5-6-29-23(10-15)30-13-16(31)11-19(30)24(32)33/h1-6,9-10,12,16,19,31H,7-8,11,13H2,(H,32,33)/t16-,19?/m1/s1. The molecule has 2 aliphatic heterocycles. The lowest BCUT2D eigenvalue weighted by Gasteiger charge is -2.23. The van der Waals surface area contributed by atoms with E-state index in [2.05, 4.69) is 4.98 Å². The number of carbonyl (C=O) groups is 1. The number of carboxylic acid groups (broad SMARTS) is 1. The minimum atomic E-state index is -4.60. The van der Waals surface area contributed by atoms with Gasteiger partial charge in [-0.05, 0) is 53.6 Å². The van der Waals surface area contributed by atoms with Crippen LogP contribution >= 0.6 is 11.8 Å². The Balaban J connectivity index is 1.47. The summed E-state index contributed by atoms with van der Waals surface area (Å²) in [6, 6.07) is 11.2. The number of ether oxygens (including phenoxy) is 2. The summed E-state index contributed by atoms with van der Waals surface area (Å²) in [6.07, 6.45) is -3.97. The number of aliphatic carboxylic acids is 1. The lowest BCUT2D eigenvalue weighted by atomic mass is 10.0. The smallest absolute Gasteiger partial charge is 0.417 e. The van der Waals surface area contributed by atoms with E-state index < -0.39 is 29.9 Å². The van der Waals surface area contributed by atoms with Crippen molar-refractivity contribution in [3.05, 3.63) is 60.3 Å². The van der Waals surface area contributed by atoms with Crippen LogP contribution in [0.5, 0.6) is 11.5 Å². The number of hydrogen-bond acceptors (Lipinski definition) is 7. The number of aromatic nitrogens is 1. The molecule has 2 aromatic carbocycles. The van der Waals surface area contributed by atoms with Crippen molar-refractivity contribution >= 4 is 23.5 Å². The zero-order chi connectivity index (χ0) is 25.4. The van der Waals surface area contributed by atoms with E-state index in [0.29, 0.717) is 40.7 Å². The van der Waals surface area contributed by atoms with Crippen molar-refractivity contribution in [2.75, 3.05) is 24.7 Å². The molecule has 1 aromatic heterocycles. The second kappa shape index (κ2) is 9.55. The predicted molar refractivity (Wildman–Crippen MR) is 126 cm³/mol.